The van der Waals surface area contributed by atoms with E-state index in [0.29, 0.717) is 0 Å². The zero-order valence-electron chi connectivity index (χ0n) is 8.98. The second-order valence-corrected chi connectivity index (χ2v) is 5.68. The SMILES string of the molecule is CC(N)C(C)(C)NS(=O)(=O)c1cnc[nH]1. The van der Waals surface area contributed by atoms with Crippen LogP contribution in [0.3, 0.4) is 0 Å². The number of nitrogens with two attached hydrogens (primary N) is 1. The van der Waals surface area contributed by atoms with E-state index in [0.717, 1.165) is 0 Å². The summed E-state index contributed by atoms with van der Waals surface area (Å²) in [4.78, 5) is 6.19. The summed E-state index contributed by atoms with van der Waals surface area (Å²) in [7, 11) is -3.57. The molecule has 0 fully saturated rings. The number of nitrogens with one attached hydrogen (secondary N) is 2. The summed E-state index contributed by atoms with van der Waals surface area (Å²) >= 11 is 0. The summed E-state index contributed by atoms with van der Waals surface area (Å²) in [6, 6.07) is -0.296. The quantitative estimate of drug-likeness (QED) is 0.670. The molecule has 1 aromatic heterocycles. The van der Waals surface area contributed by atoms with Crippen molar-refractivity contribution in [3.8, 4) is 0 Å². The van der Waals surface area contributed by atoms with Crippen LogP contribution in [0.15, 0.2) is 17.6 Å². The van der Waals surface area contributed by atoms with Crippen molar-refractivity contribution in [1.29, 1.82) is 0 Å². The highest BCUT2D eigenvalue weighted by atomic mass is 32.2. The molecule has 0 aliphatic rings. The Hall–Kier alpha value is -0.920. The van der Waals surface area contributed by atoms with Crippen LogP contribution in [-0.2, 0) is 10.0 Å². The maximum Gasteiger partial charge on any atom is 0.258 e. The van der Waals surface area contributed by atoms with E-state index in [1.807, 2.05) is 0 Å². The summed E-state index contributed by atoms with van der Waals surface area (Å²) in [5, 5.41) is 0.0382. The van der Waals surface area contributed by atoms with Crippen LogP contribution in [0.2, 0.25) is 0 Å². The molecule has 0 aliphatic carbocycles. The number of nitrogens with zero attached hydrogens (tertiary/aromatic N) is 1. The van der Waals surface area contributed by atoms with Crippen LogP contribution < -0.4 is 10.5 Å². The molecule has 0 saturated carbocycles. The zero-order valence-corrected chi connectivity index (χ0v) is 9.80. The molecule has 0 amide bonds. The lowest BCUT2D eigenvalue weighted by Crippen LogP contribution is -2.54. The van der Waals surface area contributed by atoms with Crippen LogP contribution >= 0.6 is 0 Å². The largest absolute Gasteiger partial charge is 0.335 e. The third-order valence-corrected chi connectivity index (χ3v) is 3.90. The smallest absolute Gasteiger partial charge is 0.258 e. The van der Waals surface area contributed by atoms with E-state index >= 15 is 0 Å². The van der Waals surface area contributed by atoms with Crippen molar-refractivity contribution in [2.45, 2.75) is 37.4 Å². The molecule has 1 heterocycles. The number of sulfonamides is 1. The van der Waals surface area contributed by atoms with Gasteiger partial charge in [-0.3, -0.25) is 0 Å². The first-order valence-electron chi connectivity index (χ1n) is 4.53. The fraction of sp³-hybridized carbons (Fsp3) is 0.625. The first-order valence-corrected chi connectivity index (χ1v) is 6.02. The Labute approximate surface area is 89.3 Å². The van der Waals surface area contributed by atoms with E-state index < -0.39 is 15.6 Å². The number of hydrogen-bond acceptors (Lipinski definition) is 4. The van der Waals surface area contributed by atoms with Crippen molar-refractivity contribution in [3.63, 3.8) is 0 Å². The van der Waals surface area contributed by atoms with Crippen molar-refractivity contribution in [2.75, 3.05) is 0 Å². The van der Waals surface area contributed by atoms with E-state index in [2.05, 4.69) is 14.7 Å². The molecular weight excluding hydrogens is 216 g/mol. The maximum atomic E-state index is 11.8. The molecule has 0 aliphatic heterocycles. The Balaban J connectivity index is 2.92. The first kappa shape index (κ1) is 12.2. The highest BCUT2D eigenvalue weighted by Crippen LogP contribution is 2.12. The van der Waals surface area contributed by atoms with Gasteiger partial charge in [0.1, 0.15) is 0 Å². The zero-order chi connectivity index (χ0) is 11.7. The van der Waals surface area contributed by atoms with Crippen LogP contribution in [0.5, 0.6) is 0 Å². The van der Waals surface area contributed by atoms with Crippen molar-refractivity contribution in [1.82, 2.24) is 14.7 Å². The molecule has 1 aromatic rings. The monoisotopic (exact) mass is 232 g/mol. The lowest BCUT2D eigenvalue weighted by Gasteiger charge is -2.29. The van der Waals surface area contributed by atoms with Gasteiger partial charge in [0.15, 0.2) is 5.03 Å². The number of H-pyrrole nitrogens is 1. The topological polar surface area (TPSA) is 101 Å². The van der Waals surface area contributed by atoms with Crippen LogP contribution in [-0.4, -0.2) is 30.0 Å². The summed E-state index contributed by atoms with van der Waals surface area (Å²) in [5.41, 5.74) is 4.97. The molecule has 0 radical (unpaired) electrons. The van der Waals surface area contributed by atoms with Crippen LogP contribution in [0.1, 0.15) is 20.8 Å². The minimum absolute atomic E-state index is 0.0382. The summed E-state index contributed by atoms with van der Waals surface area (Å²) in [6.45, 7) is 5.20. The Morgan fingerprint density at radius 3 is 2.60 bits per heavy atom. The lowest BCUT2D eigenvalue weighted by atomic mass is 9.99. The molecule has 4 N–H and O–H groups in total. The normalized spacial score (nSPS) is 15.2. The third-order valence-electron chi connectivity index (χ3n) is 2.30. The molecule has 0 spiro atoms. The second-order valence-electron chi connectivity index (χ2n) is 4.03. The minimum Gasteiger partial charge on any atom is -0.335 e. The summed E-state index contributed by atoms with van der Waals surface area (Å²) in [6.07, 6.45) is 2.56. The number of aromatic amines is 1. The van der Waals surface area contributed by atoms with Crippen LogP contribution in [0.4, 0.5) is 0 Å². The molecule has 86 valence electrons. The maximum absolute atomic E-state index is 11.8. The van der Waals surface area contributed by atoms with Gasteiger partial charge in [-0.05, 0) is 20.8 Å². The van der Waals surface area contributed by atoms with E-state index in [4.69, 9.17) is 5.73 Å². The van der Waals surface area contributed by atoms with Gasteiger partial charge in [0.2, 0.25) is 0 Å². The molecule has 0 bridgehead atoms. The summed E-state index contributed by atoms with van der Waals surface area (Å²) < 4.78 is 26.1. The van der Waals surface area contributed by atoms with Crippen molar-refractivity contribution < 1.29 is 8.42 Å². The molecule has 7 heteroatoms. The van der Waals surface area contributed by atoms with Gasteiger partial charge in [0.05, 0.1) is 12.5 Å². The molecule has 1 atom stereocenters. The molecule has 1 unspecified atom stereocenters. The third kappa shape index (κ3) is 2.77. The summed E-state index contributed by atoms with van der Waals surface area (Å²) in [5.74, 6) is 0. The van der Waals surface area contributed by atoms with Gasteiger partial charge in [-0.2, -0.15) is 0 Å². The van der Waals surface area contributed by atoms with Crippen molar-refractivity contribution in [3.05, 3.63) is 12.5 Å². The fourth-order valence-corrected chi connectivity index (χ4v) is 2.28. The Kier molecular flexibility index (Phi) is 3.17. The highest BCUT2D eigenvalue weighted by Gasteiger charge is 2.30. The molecule has 15 heavy (non-hydrogen) atoms. The average molecular weight is 232 g/mol. The number of aromatic nitrogens is 2. The van der Waals surface area contributed by atoms with Gasteiger partial charge in [0, 0.05) is 11.6 Å². The predicted molar refractivity (Wildman–Crippen MR) is 56.6 cm³/mol. The molecule has 1 rings (SSSR count). The first-order chi connectivity index (χ1) is 6.76. The van der Waals surface area contributed by atoms with E-state index in [-0.39, 0.29) is 11.1 Å². The standard InChI is InChI=1S/C8H16N4O2S/c1-6(9)8(2,3)12-15(13,14)7-4-10-5-11-7/h4-6,12H,9H2,1-3H3,(H,10,11). The van der Waals surface area contributed by atoms with Gasteiger partial charge in [-0.15, -0.1) is 0 Å². The number of hydrogen-bond donors (Lipinski definition) is 3. The average Bonchev–Trinajstić information content (AvgIpc) is 2.53. The van der Waals surface area contributed by atoms with Gasteiger partial charge in [-0.1, -0.05) is 0 Å². The highest BCUT2D eigenvalue weighted by molar-refractivity contribution is 7.89. The van der Waals surface area contributed by atoms with E-state index in [9.17, 15) is 8.42 Å². The van der Waals surface area contributed by atoms with Crippen LogP contribution in [0.25, 0.3) is 0 Å². The second kappa shape index (κ2) is 3.92. The Morgan fingerprint density at radius 2 is 2.20 bits per heavy atom. The number of rotatable bonds is 4. The Morgan fingerprint density at radius 1 is 1.60 bits per heavy atom. The molecule has 6 nitrogen and oxygen atoms in total. The van der Waals surface area contributed by atoms with Gasteiger partial charge in [-0.25, -0.2) is 18.1 Å². The fourth-order valence-electron chi connectivity index (χ4n) is 0.884. The van der Waals surface area contributed by atoms with Gasteiger partial charge >= 0.3 is 0 Å². The van der Waals surface area contributed by atoms with Crippen molar-refractivity contribution >= 4 is 10.0 Å². The number of imidazole rings is 1. The van der Waals surface area contributed by atoms with Gasteiger partial charge in [0.25, 0.3) is 10.0 Å². The van der Waals surface area contributed by atoms with E-state index in [1.54, 1.807) is 20.8 Å². The molecule has 0 aromatic carbocycles. The molecule has 0 saturated heterocycles. The van der Waals surface area contributed by atoms with Crippen molar-refractivity contribution in [2.24, 2.45) is 5.73 Å². The lowest BCUT2D eigenvalue weighted by molar-refractivity contribution is 0.387. The minimum atomic E-state index is -3.57. The predicted octanol–water partition coefficient (Wildman–Crippen LogP) is -0.186. The molecular formula is C8H16N4O2S. The van der Waals surface area contributed by atoms with Crippen LogP contribution in [0, 0.1) is 0 Å². The Bertz CT molecular complexity index is 408. The van der Waals surface area contributed by atoms with E-state index in [1.165, 1.54) is 12.5 Å². The van der Waals surface area contributed by atoms with Gasteiger partial charge < -0.3 is 10.7 Å².